The van der Waals surface area contributed by atoms with E-state index in [1.54, 1.807) is 33.9 Å². The summed E-state index contributed by atoms with van der Waals surface area (Å²) in [5.74, 6) is -0.991. The third-order valence-electron chi connectivity index (χ3n) is 2.22. The van der Waals surface area contributed by atoms with Crippen LogP contribution < -0.4 is 10.1 Å². The second kappa shape index (κ2) is 6.22. The highest BCUT2D eigenvalue weighted by Crippen LogP contribution is 2.16. The van der Waals surface area contributed by atoms with E-state index in [0.717, 1.165) is 5.56 Å². The van der Waals surface area contributed by atoms with Crippen molar-refractivity contribution in [2.24, 2.45) is 0 Å². The molecule has 0 bridgehead atoms. The van der Waals surface area contributed by atoms with E-state index >= 15 is 0 Å². The van der Waals surface area contributed by atoms with Crippen LogP contribution in [0.5, 0.6) is 5.75 Å². The molecule has 0 aliphatic rings. The molecule has 1 aromatic rings. The second-order valence-electron chi connectivity index (χ2n) is 5.00. The topological polar surface area (TPSA) is 64.6 Å². The van der Waals surface area contributed by atoms with Crippen LogP contribution in [0.4, 0.5) is 0 Å². The predicted octanol–water partition coefficient (Wildman–Crippen LogP) is 1.65. The molecule has 0 aliphatic heterocycles. The number of esters is 1. The highest BCUT2D eigenvalue weighted by atomic mass is 16.6. The Morgan fingerprint density at radius 1 is 1.21 bits per heavy atom. The summed E-state index contributed by atoms with van der Waals surface area (Å²) in [5, 5.41) is 2.50. The molecule has 0 aliphatic carbocycles. The Labute approximate surface area is 112 Å². The molecule has 0 radical (unpaired) electrons. The maximum Gasteiger partial charge on any atom is 0.397 e. The Kier molecular flexibility index (Phi) is 4.92. The Morgan fingerprint density at radius 3 is 2.42 bits per heavy atom. The van der Waals surface area contributed by atoms with Crippen molar-refractivity contribution in [2.45, 2.75) is 32.9 Å². The van der Waals surface area contributed by atoms with Crippen LogP contribution in [0, 0.1) is 0 Å². The van der Waals surface area contributed by atoms with Crippen molar-refractivity contribution in [3.63, 3.8) is 0 Å². The standard InChI is InChI=1S/C14H19NO4/c1-14(2,3)19-13(17)12(16)15-9-10-7-5-6-8-11(10)18-4/h5-8H,9H2,1-4H3,(H,15,16). The number of hydrogen-bond acceptors (Lipinski definition) is 4. The minimum atomic E-state index is -0.887. The number of nitrogens with one attached hydrogen (secondary N) is 1. The van der Waals surface area contributed by atoms with E-state index in [4.69, 9.17) is 9.47 Å². The molecule has 104 valence electrons. The van der Waals surface area contributed by atoms with Crippen molar-refractivity contribution in [3.8, 4) is 5.75 Å². The van der Waals surface area contributed by atoms with E-state index in [1.165, 1.54) is 0 Å². The number of amides is 1. The lowest BCUT2D eigenvalue weighted by Crippen LogP contribution is -2.36. The van der Waals surface area contributed by atoms with Crippen LogP contribution in [0.15, 0.2) is 24.3 Å². The zero-order valence-electron chi connectivity index (χ0n) is 11.6. The number of carbonyl (C=O) groups is 2. The molecule has 0 atom stereocenters. The van der Waals surface area contributed by atoms with Gasteiger partial charge in [0, 0.05) is 12.1 Å². The van der Waals surface area contributed by atoms with Crippen molar-refractivity contribution in [3.05, 3.63) is 29.8 Å². The van der Waals surface area contributed by atoms with Crippen LogP contribution in [0.1, 0.15) is 26.3 Å². The lowest BCUT2D eigenvalue weighted by Gasteiger charge is -2.19. The minimum absolute atomic E-state index is 0.210. The van der Waals surface area contributed by atoms with Gasteiger partial charge >= 0.3 is 11.9 Å². The van der Waals surface area contributed by atoms with Gasteiger partial charge in [-0.15, -0.1) is 0 Å². The highest BCUT2D eigenvalue weighted by Gasteiger charge is 2.22. The highest BCUT2D eigenvalue weighted by molar-refractivity contribution is 6.32. The molecule has 0 saturated carbocycles. The minimum Gasteiger partial charge on any atom is -0.496 e. The Morgan fingerprint density at radius 2 is 1.84 bits per heavy atom. The summed E-state index contributed by atoms with van der Waals surface area (Å²) in [6, 6.07) is 7.26. The SMILES string of the molecule is COc1ccccc1CNC(=O)C(=O)OC(C)(C)C. The summed E-state index contributed by atoms with van der Waals surface area (Å²) in [6.07, 6.45) is 0. The van der Waals surface area contributed by atoms with Gasteiger partial charge < -0.3 is 14.8 Å². The van der Waals surface area contributed by atoms with Gasteiger partial charge in [-0.05, 0) is 26.8 Å². The summed E-state index contributed by atoms with van der Waals surface area (Å²) in [7, 11) is 1.55. The average Bonchev–Trinajstić information content (AvgIpc) is 2.34. The fourth-order valence-electron chi connectivity index (χ4n) is 1.42. The van der Waals surface area contributed by atoms with Gasteiger partial charge in [-0.25, -0.2) is 4.79 Å². The van der Waals surface area contributed by atoms with Gasteiger partial charge in [0.2, 0.25) is 0 Å². The molecule has 0 saturated heterocycles. The smallest absolute Gasteiger partial charge is 0.397 e. The molecule has 19 heavy (non-hydrogen) atoms. The number of para-hydroxylation sites is 1. The molecule has 5 heteroatoms. The van der Waals surface area contributed by atoms with Crippen molar-refractivity contribution >= 4 is 11.9 Å². The number of benzene rings is 1. The summed E-state index contributed by atoms with van der Waals surface area (Å²) in [6.45, 7) is 5.33. The molecule has 0 aromatic heterocycles. The molecule has 0 heterocycles. The molecule has 1 aromatic carbocycles. The number of ether oxygens (including phenoxy) is 2. The van der Waals surface area contributed by atoms with E-state index in [1.807, 2.05) is 18.2 Å². The second-order valence-corrected chi connectivity index (χ2v) is 5.00. The van der Waals surface area contributed by atoms with Crippen LogP contribution in [-0.4, -0.2) is 24.6 Å². The van der Waals surface area contributed by atoms with Gasteiger partial charge in [0.25, 0.3) is 0 Å². The first-order valence-corrected chi connectivity index (χ1v) is 5.96. The quantitative estimate of drug-likeness (QED) is 0.666. The molecule has 0 fully saturated rings. The third-order valence-corrected chi connectivity index (χ3v) is 2.22. The van der Waals surface area contributed by atoms with Gasteiger partial charge in [-0.3, -0.25) is 4.79 Å². The first kappa shape index (κ1) is 15.0. The Balaban J connectivity index is 2.57. The zero-order valence-corrected chi connectivity index (χ0v) is 11.6. The Hall–Kier alpha value is -2.04. The van der Waals surface area contributed by atoms with Gasteiger partial charge in [-0.1, -0.05) is 18.2 Å². The molecule has 5 nitrogen and oxygen atoms in total. The fraction of sp³-hybridized carbons (Fsp3) is 0.429. The lowest BCUT2D eigenvalue weighted by molar-refractivity contribution is -0.163. The van der Waals surface area contributed by atoms with E-state index < -0.39 is 17.5 Å². The van der Waals surface area contributed by atoms with E-state index in [-0.39, 0.29) is 6.54 Å². The fourth-order valence-corrected chi connectivity index (χ4v) is 1.42. The molecule has 1 amide bonds. The average molecular weight is 265 g/mol. The molecule has 0 spiro atoms. The van der Waals surface area contributed by atoms with Crippen molar-refractivity contribution in [2.75, 3.05) is 7.11 Å². The first-order chi connectivity index (χ1) is 8.83. The normalized spacial score (nSPS) is 10.7. The molecule has 1 rings (SSSR count). The van der Waals surface area contributed by atoms with Crippen LogP contribution in [-0.2, 0) is 20.9 Å². The number of rotatable bonds is 3. The van der Waals surface area contributed by atoms with Crippen LogP contribution in [0.3, 0.4) is 0 Å². The molecule has 1 N–H and O–H groups in total. The largest absolute Gasteiger partial charge is 0.496 e. The lowest BCUT2D eigenvalue weighted by atomic mass is 10.2. The summed E-state index contributed by atoms with van der Waals surface area (Å²) < 4.78 is 10.1. The molecular formula is C14H19NO4. The number of methoxy groups -OCH3 is 1. The summed E-state index contributed by atoms with van der Waals surface area (Å²) >= 11 is 0. The monoisotopic (exact) mass is 265 g/mol. The predicted molar refractivity (Wildman–Crippen MR) is 70.7 cm³/mol. The van der Waals surface area contributed by atoms with E-state index in [2.05, 4.69) is 5.32 Å². The number of hydrogen-bond donors (Lipinski definition) is 1. The van der Waals surface area contributed by atoms with Crippen LogP contribution >= 0.6 is 0 Å². The summed E-state index contributed by atoms with van der Waals surface area (Å²) in [5.41, 5.74) is 0.112. The molecule has 0 unspecified atom stereocenters. The van der Waals surface area contributed by atoms with E-state index in [0.29, 0.717) is 5.75 Å². The third kappa shape index (κ3) is 4.99. The first-order valence-electron chi connectivity index (χ1n) is 5.96. The maximum absolute atomic E-state index is 11.6. The van der Waals surface area contributed by atoms with Gasteiger partial charge in [0.15, 0.2) is 0 Å². The molecular weight excluding hydrogens is 246 g/mol. The van der Waals surface area contributed by atoms with Gasteiger partial charge in [0.1, 0.15) is 11.4 Å². The van der Waals surface area contributed by atoms with Crippen molar-refractivity contribution in [1.29, 1.82) is 0 Å². The zero-order chi connectivity index (χ0) is 14.5. The Bertz CT molecular complexity index is 463. The van der Waals surface area contributed by atoms with Gasteiger partial charge in [0.05, 0.1) is 7.11 Å². The maximum atomic E-state index is 11.6. The summed E-state index contributed by atoms with van der Waals surface area (Å²) in [4.78, 5) is 23.0. The van der Waals surface area contributed by atoms with Crippen molar-refractivity contribution in [1.82, 2.24) is 5.32 Å². The van der Waals surface area contributed by atoms with Crippen molar-refractivity contribution < 1.29 is 19.1 Å². The van der Waals surface area contributed by atoms with Crippen LogP contribution in [0.25, 0.3) is 0 Å². The number of carbonyl (C=O) groups excluding carboxylic acids is 2. The van der Waals surface area contributed by atoms with Crippen LogP contribution in [0.2, 0.25) is 0 Å². The van der Waals surface area contributed by atoms with Gasteiger partial charge in [-0.2, -0.15) is 0 Å². The van der Waals surface area contributed by atoms with E-state index in [9.17, 15) is 9.59 Å².